The maximum atomic E-state index is 9.34. The molecule has 3 nitrogen and oxygen atoms in total. The summed E-state index contributed by atoms with van der Waals surface area (Å²) in [5, 5.41) is 9.34. The van der Waals surface area contributed by atoms with Gasteiger partial charge in [0.2, 0.25) is 0 Å². The lowest BCUT2D eigenvalue weighted by atomic mass is 10.1. The Bertz CT molecular complexity index is 509. The van der Waals surface area contributed by atoms with E-state index in [1.165, 1.54) is 25.7 Å². The topological polar surface area (TPSA) is 30.3 Å². The predicted octanol–water partition coefficient (Wildman–Crippen LogP) is 3.39. The summed E-state index contributed by atoms with van der Waals surface area (Å²) in [5.74, 6) is 0. The first-order valence-electron chi connectivity index (χ1n) is 7.47. The van der Waals surface area contributed by atoms with Crippen LogP contribution in [0.4, 0.5) is 5.69 Å². The van der Waals surface area contributed by atoms with Crippen molar-refractivity contribution in [3.8, 4) is 6.07 Å². The van der Waals surface area contributed by atoms with Crippen LogP contribution in [0.25, 0.3) is 0 Å². The fourth-order valence-electron chi connectivity index (χ4n) is 3.48. The highest BCUT2D eigenvalue weighted by molar-refractivity contribution is 9.10. The van der Waals surface area contributed by atoms with Crippen molar-refractivity contribution >= 4 is 21.6 Å². The van der Waals surface area contributed by atoms with Crippen LogP contribution in [0.5, 0.6) is 0 Å². The average molecular weight is 334 g/mol. The van der Waals surface area contributed by atoms with Gasteiger partial charge in [0.05, 0.1) is 11.3 Å². The molecule has 1 saturated heterocycles. The Morgan fingerprint density at radius 3 is 2.45 bits per heavy atom. The van der Waals surface area contributed by atoms with Crippen LogP contribution in [-0.4, -0.2) is 37.1 Å². The molecule has 0 amide bonds. The van der Waals surface area contributed by atoms with Gasteiger partial charge in [-0.15, -0.1) is 0 Å². The maximum Gasteiger partial charge on any atom is 0.103 e. The van der Waals surface area contributed by atoms with Gasteiger partial charge in [0.15, 0.2) is 0 Å². The summed E-state index contributed by atoms with van der Waals surface area (Å²) in [6.07, 6.45) is 5.55. The molecule has 1 aromatic carbocycles. The summed E-state index contributed by atoms with van der Waals surface area (Å²) in [7, 11) is 0. The maximum absolute atomic E-state index is 9.34. The monoisotopic (exact) mass is 333 g/mol. The van der Waals surface area contributed by atoms with Gasteiger partial charge in [0, 0.05) is 36.7 Å². The number of piperazine rings is 1. The van der Waals surface area contributed by atoms with Gasteiger partial charge in [0.1, 0.15) is 6.07 Å². The molecule has 0 atom stereocenters. The SMILES string of the molecule is N#Cc1c(Br)cccc1N1CCN(C2CCCC2)CC1. The van der Waals surface area contributed by atoms with Crippen molar-refractivity contribution in [1.29, 1.82) is 5.26 Å². The summed E-state index contributed by atoms with van der Waals surface area (Å²) in [6, 6.07) is 9.16. The lowest BCUT2D eigenvalue weighted by molar-refractivity contribution is 0.187. The van der Waals surface area contributed by atoms with Gasteiger partial charge in [-0.05, 0) is 40.9 Å². The first kappa shape index (κ1) is 13.9. The van der Waals surface area contributed by atoms with Crippen LogP contribution in [0.1, 0.15) is 31.2 Å². The Hall–Kier alpha value is -1.05. The summed E-state index contributed by atoms with van der Waals surface area (Å²) < 4.78 is 0.899. The van der Waals surface area contributed by atoms with E-state index in [-0.39, 0.29) is 0 Å². The molecule has 0 N–H and O–H groups in total. The first-order chi connectivity index (χ1) is 9.79. The van der Waals surface area contributed by atoms with Crippen LogP contribution in [0.3, 0.4) is 0 Å². The number of anilines is 1. The molecule has 1 heterocycles. The molecule has 0 spiro atoms. The number of nitriles is 1. The second kappa shape index (κ2) is 6.15. The molecule has 1 saturated carbocycles. The fourth-order valence-corrected chi connectivity index (χ4v) is 3.93. The van der Waals surface area contributed by atoms with E-state index in [2.05, 4.69) is 37.9 Å². The zero-order chi connectivity index (χ0) is 13.9. The molecule has 106 valence electrons. The molecule has 2 fully saturated rings. The van der Waals surface area contributed by atoms with E-state index in [1.807, 2.05) is 12.1 Å². The van der Waals surface area contributed by atoms with Crippen molar-refractivity contribution in [2.45, 2.75) is 31.7 Å². The number of rotatable bonds is 2. The van der Waals surface area contributed by atoms with E-state index in [9.17, 15) is 5.26 Å². The Kier molecular flexibility index (Phi) is 4.28. The lowest BCUT2D eigenvalue weighted by Gasteiger charge is -2.39. The van der Waals surface area contributed by atoms with E-state index in [0.29, 0.717) is 0 Å². The van der Waals surface area contributed by atoms with Crippen LogP contribution < -0.4 is 4.90 Å². The Labute approximate surface area is 129 Å². The molecule has 0 radical (unpaired) electrons. The summed E-state index contributed by atoms with van der Waals surface area (Å²) in [4.78, 5) is 5.00. The normalized spacial score (nSPS) is 21.1. The second-order valence-electron chi connectivity index (χ2n) is 5.71. The molecule has 3 rings (SSSR count). The van der Waals surface area contributed by atoms with Crippen LogP contribution in [0, 0.1) is 11.3 Å². The van der Waals surface area contributed by atoms with Gasteiger partial charge in [-0.1, -0.05) is 18.9 Å². The second-order valence-corrected chi connectivity index (χ2v) is 6.56. The quantitative estimate of drug-likeness (QED) is 0.831. The minimum Gasteiger partial charge on any atom is -0.368 e. The highest BCUT2D eigenvalue weighted by atomic mass is 79.9. The number of hydrogen-bond acceptors (Lipinski definition) is 3. The molecule has 1 aliphatic heterocycles. The molecule has 1 aliphatic carbocycles. The molecule has 4 heteroatoms. The standard InChI is InChI=1S/C16H20BrN3/c17-15-6-3-7-16(14(15)12-18)20-10-8-19(9-11-20)13-4-1-2-5-13/h3,6-7,13H,1-2,4-5,8-11H2. The number of halogens is 1. The van der Waals surface area contributed by atoms with Gasteiger partial charge in [-0.3, -0.25) is 4.90 Å². The Morgan fingerprint density at radius 1 is 1.10 bits per heavy atom. The molecular weight excluding hydrogens is 314 g/mol. The van der Waals surface area contributed by atoms with Crippen molar-refractivity contribution in [1.82, 2.24) is 4.90 Å². The summed E-state index contributed by atoms with van der Waals surface area (Å²) in [6.45, 7) is 4.31. The summed E-state index contributed by atoms with van der Waals surface area (Å²) >= 11 is 3.48. The van der Waals surface area contributed by atoms with Gasteiger partial charge in [-0.25, -0.2) is 0 Å². The molecule has 0 unspecified atom stereocenters. The zero-order valence-corrected chi connectivity index (χ0v) is 13.3. The molecule has 20 heavy (non-hydrogen) atoms. The highest BCUT2D eigenvalue weighted by Crippen LogP contribution is 2.29. The molecule has 2 aliphatic rings. The van der Waals surface area contributed by atoms with Crippen LogP contribution >= 0.6 is 15.9 Å². The predicted molar refractivity (Wildman–Crippen MR) is 84.9 cm³/mol. The number of hydrogen-bond donors (Lipinski definition) is 0. The molecular formula is C16H20BrN3. The Balaban J connectivity index is 1.69. The van der Waals surface area contributed by atoms with Gasteiger partial charge in [-0.2, -0.15) is 5.26 Å². The molecule has 0 bridgehead atoms. The van der Waals surface area contributed by atoms with E-state index < -0.39 is 0 Å². The van der Waals surface area contributed by atoms with Crippen molar-refractivity contribution in [2.75, 3.05) is 31.1 Å². The third kappa shape index (κ3) is 2.70. The van der Waals surface area contributed by atoms with Crippen LogP contribution in [0.2, 0.25) is 0 Å². The van der Waals surface area contributed by atoms with Crippen molar-refractivity contribution in [3.05, 3.63) is 28.2 Å². The van der Waals surface area contributed by atoms with Crippen LogP contribution in [0.15, 0.2) is 22.7 Å². The third-order valence-corrected chi connectivity index (χ3v) is 5.26. The van der Waals surface area contributed by atoms with Gasteiger partial charge >= 0.3 is 0 Å². The fraction of sp³-hybridized carbons (Fsp3) is 0.562. The van der Waals surface area contributed by atoms with Crippen LogP contribution in [-0.2, 0) is 0 Å². The van der Waals surface area contributed by atoms with Crippen molar-refractivity contribution in [3.63, 3.8) is 0 Å². The van der Waals surface area contributed by atoms with Crippen molar-refractivity contribution < 1.29 is 0 Å². The van der Waals surface area contributed by atoms with Crippen molar-refractivity contribution in [2.24, 2.45) is 0 Å². The highest BCUT2D eigenvalue weighted by Gasteiger charge is 2.27. The van der Waals surface area contributed by atoms with Gasteiger partial charge < -0.3 is 4.90 Å². The van der Waals surface area contributed by atoms with E-state index in [4.69, 9.17) is 0 Å². The summed E-state index contributed by atoms with van der Waals surface area (Å²) in [5.41, 5.74) is 1.84. The largest absolute Gasteiger partial charge is 0.368 e. The third-order valence-electron chi connectivity index (χ3n) is 4.60. The average Bonchev–Trinajstić information content (AvgIpc) is 3.01. The Morgan fingerprint density at radius 2 is 1.80 bits per heavy atom. The number of benzene rings is 1. The minimum absolute atomic E-state index is 0.766. The lowest BCUT2D eigenvalue weighted by Crippen LogP contribution is -2.49. The number of nitrogens with zero attached hydrogens (tertiary/aromatic N) is 3. The zero-order valence-electron chi connectivity index (χ0n) is 11.7. The molecule has 1 aromatic rings. The van der Waals surface area contributed by atoms with Gasteiger partial charge in [0.25, 0.3) is 0 Å². The smallest absolute Gasteiger partial charge is 0.103 e. The first-order valence-corrected chi connectivity index (χ1v) is 8.26. The minimum atomic E-state index is 0.766. The van der Waals surface area contributed by atoms with E-state index >= 15 is 0 Å². The van der Waals surface area contributed by atoms with E-state index in [1.54, 1.807) is 0 Å². The molecule has 0 aromatic heterocycles. The van der Waals surface area contributed by atoms with E-state index in [0.717, 1.165) is 47.9 Å².